The number of rotatable bonds is 2. The van der Waals surface area contributed by atoms with Gasteiger partial charge in [-0.1, -0.05) is 6.07 Å². The van der Waals surface area contributed by atoms with E-state index in [-0.39, 0.29) is 12.4 Å². The van der Waals surface area contributed by atoms with Gasteiger partial charge in [-0.2, -0.15) is 0 Å². The lowest BCUT2D eigenvalue weighted by molar-refractivity contribution is 0.111. The van der Waals surface area contributed by atoms with Crippen molar-refractivity contribution in [2.24, 2.45) is 0 Å². The van der Waals surface area contributed by atoms with Crippen molar-refractivity contribution in [2.75, 3.05) is 13.7 Å². The Hall–Kier alpha value is -1.06. The van der Waals surface area contributed by atoms with E-state index in [1.54, 1.807) is 7.11 Å². The van der Waals surface area contributed by atoms with E-state index in [0.717, 1.165) is 31.4 Å². The average Bonchev–Trinajstić information content (AvgIpc) is 2.27. The van der Waals surface area contributed by atoms with E-state index < -0.39 is 0 Å². The molecule has 82 valence electrons. The van der Waals surface area contributed by atoms with Crippen LogP contribution in [-0.2, 0) is 13.0 Å². The molecular formula is C11H14ClNO2. The Morgan fingerprint density at radius 3 is 2.93 bits per heavy atom. The Bertz CT molecular complexity index is 366. The predicted molar refractivity (Wildman–Crippen MR) is 61.0 cm³/mol. The van der Waals surface area contributed by atoms with E-state index in [1.165, 1.54) is 5.56 Å². The zero-order valence-electron chi connectivity index (χ0n) is 8.58. The Morgan fingerprint density at radius 1 is 1.47 bits per heavy atom. The van der Waals surface area contributed by atoms with Gasteiger partial charge in [-0.3, -0.25) is 4.79 Å². The molecule has 1 aliphatic heterocycles. The summed E-state index contributed by atoms with van der Waals surface area (Å²) in [6.07, 6.45) is 1.87. The zero-order chi connectivity index (χ0) is 9.97. The molecule has 2 rings (SSSR count). The number of ether oxygens (including phenoxy) is 1. The first-order valence-electron chi connectivity index (χ1n) is 4.71. The summed E-state index contributed by atoms with van der Waals surface area (Å²) in [5.74, 6) is 0.669. The molecule has 0 atom stereocenters. The van der Waals surface area contributed by atoms with Gasteiger partial charge in [0.1, 0.15) is 5.75 Å². The third-order valence-electron chi connectivity index (χ3n) is 2.62. The van der Waals surface area contributed by atoms with Crippen LogP contribution < -0.4 is 10.1 Å². The van der Waals surface area contributed by atoms with Gasteiger partial charge < -0.3 is 10.1 Å². The van der Waals surface area contributed by atoms with Gasteiger partial charge in [0.15, 0.2) is 6.29 Å². The van der Waals surface area contributed by atoms with Crippen LogP contribution in [-0.4, -0.2) is 19.9 Å². The van der Waals surface area contributed by atoms with Gasteiger partial charge in [-0.15, -0.1) is 12.4 Å². The van der Waals surface area contributed by atoms with Gasteiger partial charge in [-0.05, 0) is 30.2 Å². The molecule has 15 heavy (non-hydrogen) atoms. The van der Waals surface area contributed by atoms with Gasteiger partial charge in [-0.25, -0.2) is 0 Å². The maximum absolute atomic E-state index is 11.0. The number of carbonyl (C=O) groups excluding carboxylic acids is 1. The Morgan fingerprint density at radius 2 is 2.27 bits per heavy atom. The Balaban J connectivity index is 0.00000112. The molecule has 0 saturated heterocycles. The molecule has 0 radical (unpaired) electrons. The molecule has 1 heterocycles. The predicted octanol–water partition coefficient (Wildman–Crippen LogP) is 1.58. The van der Waals surface area contributed by atoms with Crippen molar-refractivity contribution in [2.45, 2.75) is 13.0 Å². The van der Waals surface area contributed by atoms with Crippen molar-refractivity contribution in [3.8, 4) is 5.75 Å². The highest BCUT2D eigenvalue weighted by atomic mass is 35.5. The molecule has 0 saturated carbocycles. The second-order valence-corrected chi connectivity index (χ2v) is 3.36. The smallest absolute Gasteiger partial charge is 0.154 e. The second kappa shape index (κ2) is 5.14. The van der Waals surface area contributed by atoms with Crippen LogP contribution in [0.3, 0.4) is 0 Å². The first-order chi connectivity index (χ1) is 6.86. The van der Waals surface area contributed by atoms with Crippen LogP contribution >= 0.6 is 12.4 Å². The summed E-state index contributed by atoms with van der Waals surface area (Å²) in [5, 5.41) is 3.25. The highest BCUT2D eigenvalue weighted by Crippen LogP contribution is 2.25. The summed E-state index contributed by atoms with van der Waals surface area (Å²) >= 11 is 0. The summed E-state index contributed by atoms with van der Waals surface area (Å²) in [5.41, 5.74) is 3.04. The van der Waals surface area contributed by atoms with Crippen LogP contribution in [0.2, 0.25) is 0 Å². The number of nitrogens with one attached hydrogen (secondary N) is 1. The molecule has 1 aromatic carbocycles. The minimum atomic E-state index is 0. The molecule has 0 aliphatic carbocycles. The lowest BCUT2D eigenvalue weighted by atomic mass is 9.96. The van der Waals surface area contributed by atoms with Crippen LogP contribution in [0.5, 0.6) is 5.75 Å². The van der Waals surface area contributed by atoms with Crippen molar-refractivity contribution < 1.29 is 9.53 Å². The van der Waals surface area contributed by atoms with Crippen LogP contribution in [0.15, 0.2) is 12.1 Å². The summed E-state index contributed by atoms with van der Waals surface area (Å²) in [6, 6.07) is 3.91. The Labute approximate surface area is 95.2 Å². The van der Waals surface area contributed by atoms with Gasteiger partial charge in [0.05, 0.1) is 12.7 Å². The molecule has 1 N–H and O–H groups in total. The lowest BCUT2D eigenvalue weighted by Gasteiger charge is -2.19. The largest absolute Gasteiger partial charge is 0.496 e. The standard InChI is InChI=1S/C11H13NO2.ClH/c1-14-11-3-2-8-4-5-12-6-9(8)10(11)7-13;/h2-3,7,12H,4-6H2,1H3;1H. The fourth-order valence-corrected chi connectivity index (χ4v) is 1.87. The molecule has 3 nitrogen and oxygen atoms in total. The molecule has 0 bridgehead atoms. The average molecular weight is 228 g/mol. The van der Waals surface area contributed by atoms with E-state index in [1.807, 2.05) is 12.1 Å². The third kappa shape index (κ3) is 2.13. The number of aldehydes is 1. The van der Waals surface area contributed by atoms with Gasteiger partial charge in [0.2, 0.25) is 0 Å². The number of halogens is 1. The van der Waals surface area contributed by atoms with E-state index in [0.29, 0.717) is 11.3 Å². The van der Waals surface area contributed by atoms with Crippen LogP contribution in [0.25, 0.3) is 0 Å². The summed E-state index contributed by atoms with van der Waals surface area (Å²) in [4.78, 5) is 11.0. The second-order valence-electron chi connectivity index (χ2n) is 3.36. The minimum absolute atomic E-state index is 0. The van der Waals surface area contributed by atoms with E-state index in [9.17, 15) is 4.79 Å². The topological polar surface area (TPSA) is 38.3 Å². The monoisotopic (exact) mass is 227 g/mol. The van der Waals surface area contributed by atoms with E-state index in [2.05, 4.69) is 5.32 Å². The van der Waals surface area contributed by atoms with Crippen LogP contribution in [0.4, 0.5) is 0 Å². The minimum Gasteiger partial charge on any atom is -0.496 e. The number of benzene rings is 1. The van der Waals surface area contributed by atoms with Crippen molar-refractivity contribution in [3.05, 3.63) is 28.8 Å². The molecule has 1 aliphatic rings. The zero-order valence-corrected chi connectivity index (χ0v) is 9.39. The maximum Gasteiger partial charge on any atom is 0.154 e. The number of hydrogen-bond donors (Lipinski definition) is 1. The lowest BCUT2D eigenvalue weighted by Crippen LogP contribution is -2.25. The first-order valence-corrected chi connectivity index (χ1v) is 4.71. The number of carbonyl (C=O) groups is 1. The van der Waals surface area contributed by atoms with Crippen LogP contribution in [0.1, 0.15) is 21.5 Å². The highest BCUT2D eigenvalue weighted by molar-refractivity contribution is 5.85. The number of hydrogen-bond acceptors (Lipinski definition) is 3. The van der Waals surface area contributed by atoms with Crippen LogP contribution in [0, 0.1) is 0 Å². The highest BCUT2D eigenvalue weighted by Gasteiger charge is 2.15. The molecule has 0 amide bonds. The van der Waals surface area contributed by atoms with Gasteiger partial charge in [0, 0.05) is 6.54 Å². The molecular weight excluding hydrogens is 214 g/mol. The summed E-state index contributed by atoms with van der Waals surface area (Å²) in [7, 11) is 1.59. The molecule has 0 unspecified atom stereocenters. The molecule has 4 heteroatoms. The van der Waals surface area contributed by atoms with Gasteiger partial charge in [0.25, 0.3) is 0 Å². The molecule has 0 spiro atoms. The summed E-state index contributed by atoms with van der Waals surface area (Å²) in [6.45, 7) is 1.75. The van der Waals surface area contributed by atoms with Gasteiger partial charge >= 0.3 is 0 Å². The third-order valence-corrected chi connectivity index (χ3v) is 2.62. The van der Waals surface area contributed by atoms with Crippen molar-refractivity contribution in [3.63, 3.8) is 0 Å². The fourth-order valence-electron chi connectivity index (χ4n) is 1.87. The molecule has 0 fully saturated rings. The summed E-state index contributed by atoms with van der Waals surface area (Å²) < 4.78 is 5.14. The molecule has 1 aromatic rings. The normalized spacial score (nSPS) is 13.7. The quantitative estimate of drug-likeness (QED) is 0.780. The van der Waals surface area contributed by atoms with Crippen molar-refractivity contribution in [1.82, 2.24) is 5.32 Å². The molecule has 0 aromatic heterocycles. The maximum atomic E-state index is 11.0. The van der Waals surface area contributed by atoms with E-state index in [4.69, 9.17) is 4.74 Å². The Kier molecular flexibility index (Phi) is 4.12. The van der Waals surface area contributed by atoms with Crippen molar-refractivity contribution in [1.29, 1.82) is 0 Å². The number of fused-ring (bicyclic) bond motifs is 1. The van der Waals surface area contributed by atoms with E-state index >= 15 is 0 Å². The SMILES string of the molecule is COc1ccc2c(c1C=O)CNCC2.Cl. The fraction of sp³-hybridized carbons (Fsp3) is 0.364. The van der Waals surface area contributed by atoms with Crippen molar-refractivity contribution >= 4 is 18.7 Å². The number of methoxy groups -OCH3 is 1. The first kappa shape index (κ1) is 12.0.